The van der Waals surface area contributed by atoms with Crippen molar-refractivity contribution < 1.29 is 18.3 Å². The number of hydrogen-bond donors (Lipinski definition) is 1. The van der Waals surface area contributed by atoms with Gasteiger partial charge in [0.1, 0.15) is 5.75 Å². The highest BCUT2D eigenvalue weighted by atomic mass is 79.9. The largest absolute Gasteiger partial charge is 0.508 e. The third-order valence-electron chi connectivity index (χ3n) is 1.91. The van der Waals surface area contributed by atoms with E-state index in [4.69, 9.17) is 5.11 Å². The normalized spacial score (nSPS) is 10.4. The van der Waals surface area contributed by atoms with Gasteiger partial charge in [0.05, 0.1) is 5.56 Å². The second kappa shape index (κ2) is 6.44. The first-order chi connectivity index (χ1) is 8.39. The van der Waals surface area contributed by atoms with Gasteiger partial charge in [-0.1, -0.05) is 40.2 Å². The molecule has 5 heteroatoms. The van der Waals surface area contributed by atoms with E-state index in [1.165, 1.54) is 6.07 Å². The monoisotopic (exact) mass is 318 g/mol. The molecule has 18 heavy (non-hydrogen) atoms. The molecule has 1 N–H and O–H groups in total. The summed E-state index contributed by atoms with van der Waals surface area (Å²) in [6, 6.07) is 13.7. The molecule has 0 atom stereocenters. The number of alkyl halides is 3. The van der Waals surface area contributed by atoms with Crippen LogP contribution in [0.4, 0.5) is 13.2 Å². The maximum atomic E-state index is 11.9. The Hall–Kier alpha value is -1.49. The number of phenolic OH excluding ortho intramolecular Hbond substituents is 1. The summed E-state index contributed by atoms with van der Waals surface area (Å²) in [5, 5.41) is 8.63. The Balaban J connectivity index is 0.000000199. The summed E-state index contributed by atoms with van der Waals surface area (Å²) < 4.78 is 36.3. The zero-order valence-corrected chi connectivity index (χ0v) is 10.7. The number of rotatable bonds is 0. The van der Waals surface area contributed by atoms with Gasteiger partial charge < -0.3 is 5.11 Å². The van der Waals surface area contributed by atoms with Crippen molar-refractivity contribution in [2.24, 2.45) is 0 Å². The lowest BCUT2D eigenvalue weighted by atomic mass is 10.2. The van der Waals surface area contributed by atoms with E-state index in [0.717, 1.165) is 12.1 Å². The first-order valence-electron chi connectivity index (χ1n) is 4.96. The maximum Gasteiger partial charge on any atom is 0.416 e. The van der Waals surface area contributed by atoms with E-state index in [9.17, 15) is 13.2 Å². The molecule has 2 rings (SSSR count). The second-order valence-electron chi connectivity index (χ2n) is 3.34. The second-order valence-corrected chi connectivity index (χ2v) is 4.26. The standard InChI is InChI=1S/C7H4BrF3.C6H6O/c8-6-3-1-2-5(4-6)7(9,10)11;7-6-4-2-1-3-5-6/h1-4H;1-5,7H. The minimum Gasteiger partial charge on any atom is -0.508 e. The summed E-state index contributed by atoms with van der Waals surface area (Å²) in [5.74, 6) is 0.322. The zero-order valence-electron chi connectivity index (χ0n) is 9.16. The molecule has 0 saturated heterocycles. The molecule has 0 fully saturated rings. The molecule has 0 aliphatic rings. The van der Waals surface area contributed by atoms with Crippen LogP contribution in [0.15, 0.2) is 59.1 Å². The summed E-state index contributed by atoms with van der Waals surface area (Å²) in [6.07, 6.45) is -4.25. The van der Waals surface area contributed by atoms with Crippen molar-refractivity contribution in [2.45, 2.75) is 6.18 Å². The smallest absolute Gasteiger partial charge is 0.416 e. The van der Waals surface area contributed by atoms with Crippen LogP contribution < -0.4 is 0 Å². The van der Waals surface area contributed by atoms with Crippen molar-refractivity contribution in [3.8, 4) is 5.75 Å². The van der Waals surface area contributed by atoms with Crippen molar-refractivity contribution in [3.63, 3.8) is 0 Å². The minimum absolute atomic E-state index is 0.322. The Kier molecular flexibility index (Phi) is 5.22. The van der Waals surface area contributed by atoms with Gasteiger partial charge in [0.15, 0.2) is 0 Å². The van der Waals surface area contributed by atoms with Crippen molar-refractivity contribution in [1.29, 1.82) is 0 Å². The Morgan fingerprint density at radius 2 is 1.50 bits per heavy atom. The van der Waals surface area contributed by atoms with E-state index in [0.29, 0.717) is 10.2 Å². The molecule has 0 heterocycles. The summed E-state index contributed by atoms with van der Waals surface area (Å²) in [7, 11) is 0. The lowest BCUT2D eigenvalue weighted by Gasteiger charge is -2.05. The predicted octanol–water partition coefficient (Wildman–Crippen LogP) is 4.86. The highest BCUT2D eigenvalue weighted by Crippen LogP contribution is 2.30. The van der Waals surface area contributed by atoms with Crippen LogP contribution in [0.25, 0.3) is 0 Å². The van der Waals surface area contributed by atoms with Gasteiger partial charge in [-0.3, -0.25) is 0 Å². The molecule has 0 aliphatic carbocycles. The number of benzene rings is 2. The van der Waals surface area contributed by atoms with Crippen LogP contribution in [0, 0.1) is 0 Å². The first kappa shape index (κ1) is 14.6. The molecule has 0 saturated carbocycles. The quantitative estimate of drug-likeness (QED) is 0.735. The molecule has 2 aromatic rings. The average molecular weight is 319 g/mol. The van der Waals surface area contributed by atoms with Gasteiger partial charge in [-0.25, -0.2) is 0 Å². The summed E-state index contributed by atoms with van der Waals surface area (Å²) in [5.41, 5.74) is -0.633. The molecule has 0 radical (unpaired) electrons. The first-order valence-corrected chi connectivity index (χ1v) is 5.75. The summed E-state index contributed by atoms with van der Waals surface area (Å²) >= 11 is 2.95. The van der Waals surface area contributed by atoms with Gasteiger partial charge in [0.2, 0.25) is 0 Å². The molecule has 2 aromatic carbocycles. The topological polar surface area (TPSA) is 20.2 Å². The number of phenols is 1. The molecular formula is C13H10BrF3O. The van der Waals surface area contributed by atoms with E-state index < -0.39 is 11.7 Å². The van der Waals surface area contributed by atoms with Crippen LogP contribution in [-0.4, -0.2) is 5.11 Å². The SMILES string of the molecule is FC(F)(F)c1cccc(Br)c1.Oc1ccccc1. The summed E-state index contributed by atoms with van der Waals surface area (Å²) in [4.78, 5) is 0. The third-order valence-corrected chi connectivity index (χ3v) is 2.40. The number of aromatic hydroxyl groups is 1. The molecule has 0 amide bonds. The molecule has 0 aliphatic heterocycles. The minimum atomic E-state index is -4.25. The molecule has 96 valence electrons. The number of para-hydroxylation sites is 1. The van der Waals surface area contributed by atoms with Gasteiger partial charge in [0, 0.05) is 4.47 Å². The predicted molar refractivity (Wildman–Crippen MR) is 67.3 cm³/mol. The summed E-state index contributed by atoms with van der Waals surface area (Å²) in [6.45, 7) is 0. The van der Waals surface area contributed by atoms with Gasteiger partial charge >= 0.3 is 6.18 Å². The van der Waals surface area contributed by atoms with Crippen molar-refractivity contribution in [2.75, 3.05) is 0 Å². The highest BCUT2D eigenvalue weighted by Gasteiger charge is 2.30. The fourth-order valence-electron chi connectivity index (χ4n) is 1.09. The lowest BCUT2D eigenvalue weighted by Crippen LogP contribution is -2.03. The Bertz CT molecular complexity index is 483. The van der Waals surface area contributed by atoms with Crippen LogP contribution in [0.5, 0.6) is 5.75 Å². The highest BCUT2D eigenvalue weighted by molar-refractivity contribution is 9.10. The van der Waals surface area contributed by atoms with E-state index in [1.54, 1.807) is 30.3 Å². The van der Waals surface area contributed by atoms with E-state index in [-0.39, 0.29) is 0 Å². The number of hydrogen-bond acceptors (Lipinski definition) is 1. The average Bonchev–Trinajstić information content (AvgIpc) is 2.30. The zero-order chi connectivity index (χ0) is 13.6. The van der Waals surface area contributed by atoms with Gasteiger partial charge in [-0.05, 0) is 30.3 Å². The van der Waals surface area contributed by atoms with E-state index >= 15 is 0 Å². The van der Waals surface area contributed by atoms with Crippen molar-refractivity contribution in [1.82, 2.24) is 0 Å². The molecule has 1 nitrogen and oxygen atoms in total. The van der Waals surface area contributed by atoms with E-state index in [2.05, 4.69) is 15.9 Å². The molecule has 0 unspecified atom stereocenters. The van der Waals surface area contributed by atoms with Crippen LogP contribution >= 0.6 is 15.9 Å². The maximum absolute atomic E-state index is 11.9. The Morgan fingerprint density at radius 3 is 1.83 bits per heavy atom. The van der Waals surface area contributed by atoms with Gasteiger partial charge in [-0.15, -0.1) is 0 Å². The fraction of sp³-hybridized carbons (Fsp3) is 0.0769. The van der Waals surface area contributed by atoms with Crippen LogP contribution in [0.3, 0.4) is 0 Å². The van der Waals surface area contributed by atoms with Crippen LogP contribution in [0.1, 0.15) is 5.56 Å². The third kappa shape index (κ3) is 5.23. The van der Waals surface area contributed by atoms with E-state index in [1.807, 2.05) is 6.07 Å². The lowest BCUT2D eigenvalue weighted by molar-refractivity contribution is -0.137. The molecular weight excluding hydrogens is 309 g/mol. The molecule has 0 bridgehead atoms. The number of halogens is 4. The van der Waals surface area contributed by atoms with Crippen LogP contribution in [0.2, 0.25) is 0 Å². The van der Waals surface area contributed by atoms with Crippen LogP contribution in [-0.2, 0) is 6.18 Å². The fourth-order valence-corrected chi connectivity index (χ4v) is 1.49. The van der Waals surface area contributed by atoms with Gasteiger partial charge in [0.25, 0.3) is 0 Å². The van der Waals surface area contributed by atoms with Crippen molar-refractivity contribution in [3.05, 3.63) is 64.6 Å². The Labute approximate surface area is 111 Å². The van der Waals surface area contributed by atoms with Gasteiger partial charge in [-0.2, -0.15) is 13.2 Å². The molecule has 0 spiro atoms. The molecule has 0 aromatic heterocycles. The Morgan fingerprint density at radius 1 is 0.889 bits per heavy atom. The van der Waals surface area contributed by atoms with Crippen molar-refractivity contribution >= 4 is 15.9 Å².